The van der Waals surface area contributed by atoms with E-state index in [2.05, 4.69) is 11.8 Å². The van der Waals surface area contributed by atoms with Gasteiger partial charge in [-0.3, -0.25) is 0 Å². The maximum Gasteiger partial charge on any atom is 0.104 e. The molecule has 13 heavy (non-hydrogen) atoms. The zero-order valence-corrected chi connectivity index (χ0v) is 7.58. The lowest BCUT2D eigenvalue weighted by molar-refractivity contribution is 0.184. The maximum absolute atomic E-state index is 8.54. The minimum absolute atomic E-state index is 0.110. The third kappa shape index (κ3) is 2.90. The molecule has 0 aromatic heterocycles. The van der Waals surface area contributed by atoms with Gasteiger partial charge in [0.15, 0.2) is 0 Å². The van der Waals surface area contributed by atoms with E-state index < -0.39 is 0 Å². The van der Waals surface area contributed by atoms with Crippen LogP contribution in [0.5, 0.6) is 0 Å². The van der Waals surface area contributed by atoms with E-state index in [-0.39, 0.29) is 6.61 Å². The first-order valence-corrected chi connectivity index (χ1v) is 4.05. The molecule has 0 aliphatic heterocycles. The number of hydrogen-bond acceptors (Lipinski definition) is 2. The number of methoxy groups -OCH3 is 1. The zero-order valence-electron chi connectivity index (χ0n) is 7.58. The molecule has 0 radical (unpaired) electrons. The van der Waals surface area contributed by atoms with Crippen molar-refractivity contribution in [1.82, 2.24) is 0 Å². The maximum atomic E-state index is 8.54. The van der Waals surface area contributed by atoms with Crippen LogP contribution in [0.3, 0.4) is 0 Å². The Balaban J connectivity index is 2.90. The number of aliphatic hydroxyl groups excluding tert-OH is 1. The quantitative estimate of drug-likeness (QED) is 0.685. The fraction of sp³-hybridized carbons (Fsp3) is 0.273. The van der Waals surface area contributed by atoms with Gasteiger partial charge in [0.05, 0.1) is 6.61 Å². The second kappa shape index (κ2) is 5.36. The topological polar surface area (TPSA) is 29.5 Å². The van der Waals surface area contributed by atoms with Crippen molar-refractivity contribution < 1.29 is 9.84 Å². The van der Waals surface area contributed by atoms with Crippen LogP contribution in [0.25, 0.3) is 0 Å². The Labute approximate surface area is 78.2 Å². The van der Waals surface area contributed by atoms with Crippen LogP contribution in [-0.4, -0.2) is 18.8 Å². The molecule has 0 heterocycles. The van der Waals surface area contributed by atoms with Crippen molar-refractivity contribution in [3.63, 3.8) is 0 Å². The number of aliphatic hydroxyl groups is 1. The van der Waals surface area contributed by atoms with Crippen molar-refractivity contribution >= 4 is 0 Å². The average Bonchev–Trinajstić information content (AvgIpc) is 2.17. The fourth-order valence-electron chi connectivity index (χ4n) is 1.06. The van der Waals surface area contributed by atoms with E-state index in [1.54, 1.807) is 7.11 Å². The molecule has 0 bridgehead atoms. The number of hydrogen-bond donors (Lipinski definition) is 1. The fourth-order valence-corrected chi connectivity index (χ4v) is 1.06. The van der Waals surface area contributed by atoms with Crippen molar-refractivity contribution in [2.45, 2.75) is 6.61 Å². The summed E-state index contributed by atoms with van der Waals surface area (Å²) in [7, 11) is 1.65. The lowest BCUT2D eigenvalue weighted by Gasteiger charge is -2.01. The van der Waals surface area contributed by atoms with Crippen molar-refractivity contribution in [1.29, 1.82) is 0 Å². The molecule has 0 saturated carbocycles. The third-order valence-electron chi connectivity index (χ3n) is 1.62. The Kier molecular flexibility index (Phi) is 4.04. The van der Waals surface area contributed by atoms with Crippen LogP contribution in [0.2, 0.25) is 0 Å². The smallest absolute Gasteiger partial charge is 0.104 e. The van der Waals surface area contributed by atoms with E-state index in [0.717, 1.165) is 11.1 Å². The summed E-state index contributed by atoms with van der Waals surface area (Å²) in [4.78, 5) is 0. The highest BCUT2D eigenvalue weighted by atomic mass is 16.5. The first-order valence-electron chi connectivity index (χ1n) is 4.05. The van der Waals surface area contributed by atoms with E-state index in [1.807, 2.05) is 24.3 Å². The molecule has 1 N–H and O–H groups in total. The highest BCUT2D eigenvalue weighted by Gasteiger charge is 1.96. The monoisotopic (exact) mass is 176 g/mol. The van der Waals surface area contributed by atoms with Crippen molar-refractivity contribution in [3.05, 3.63) is 35.4 Å². The summed E-state index contributed by atoms with van der Waals surface area (Å²) in [5, 5.41) is 8.54. The van der Waals surface area contributed by atoms with Crippen molar-refractivity contribution in [3.8, 4) is 11.8 Å². The van der Waals surface area contributed by atoms with Crippen LogP contribution < -0.4 is 0 Å². The largest absolute Gasteiger partial charge is 0.384 e. The summed E-state index contributed by atoms with van der Waals surface area (Å²) in [6.45, 7) is 0.442. The van der Waals surface area contributed by atoms with Crippen LogP contribution >= 0.6 is 0 Å². The molecule has 0 fully saturated rings. The van der Waals surface area contributed by atoms with Gasteiger partial charge in [-0.1, -0.05) is 30.0 Å². The summed E-state index contributed by atoms with van der Waals surface area (Å²) < 4.78 is 5.02. The van der Waals surface area contributed by atoms with Gasteiger partial charge in [-0.25, -0.2) is 0 Å². The van der Waals surface area contributed by atoms with Crippen molar-refractivity contribution in [2.75, 3.05) is 13.7 Å². The number of ether oxygens (including phenoxy) is 1. The molecule has 1 rings (SSSR count). The molecule has 0 atom stereocenters. The molecular weight excluding hydrogens is 164 g/mol. The number of benzene rings is 1. The van der Waals surface area contributed by atoms with Crippen LogP contribution in [0, 0.1) is 11.8 Å². The molecule has 1 aromatic rings. The third-order valence-corrected chi connectivity index (χ3v) is 1.62. The summed E-state index contributed by atoms with van der Waals surface area (Å²) in [6, 6.07) is 7.74. The predicted molar refractivity (Wildman–Crippen MR) is 51.1 cm³/mol. The molecule has 2 heteroatoms. The molecule has 68 valence electrons. The summed E-state index contributed by atoms with van der Waals surface area (Å²) in [5.41, 5.74) is 1.96. The molecule has 0 aliphatic carbocycles. The van der Waals surface area contributed by atoms with Gasteiger partial charge >= 0.3 is 0 Å². The summed E-state index contributed by atoms with van der Waals surface area (Å²) >= 11 is 0. The Bertz CT molecular complexity index is 320. The van der Waals surface area contributed by atoms with E-state index in [0.29, 0.717) is 6.61 Å². The molecule has 0 unspecified atom stereocenters. The molecule has 1 aromatic carbocycles. The van der Waals surface area contributed by atoms with Gasteiger partial charge < -0.3 is 9.84 Å². The predicted octanol–water partition coefficient (Wildman–Crippen LogP) is 1.18. The molecule has 2 nitrogen and oxygen atoms in total. The second-order valence-corrected chi connectivity index (χ2v) is 2.55. The van der Waals surface area contributed by atoms with Gasteiger partial charge in [-0.15, -0.1) is 0 Å². The average molecular weight is 176 g/mol. The Hall–Kier alpha value is -1.30. The summed E-state index contributed by atoms with van der Waals surface area (Å²) in [5.74, 6) is 5.48. The van der Waals surface area contributed by atoms with Gasteiger partial charge in [0, 0.05) is 12.7 Å². The van der Waals surface area contributed by atoms with E-state index in [4.69, 9.17) is 9.84 Å². The SMILES string of the molecule is COCc1ccccc1C#CCO. The van der Waals surface area contributed by atoms with Crippen LogP contribution in [0.4, 0.5) is 0 Å². The van der Waals surface area contributed by atoms with Gasteiger partial charge in [-0.2, -0.15) is 0 Å². The van der Waals surface area contributed by atoms with E-state index >= 15 is 0 Å². The first kappa shape index (κ1) is 9.79. The highest BCUT2D eigenvalue weighted by Crippen LogP contribution is 2.07. The molecule has 0 spiro atoms. The Morgan fingerprint density at radius 1 is 1.38 bits per heavy atom. The van der Waals surface area contributed by atoms with Gasteiger partial charge in [0.1, 0.15) is 6.61 Å². The van der Waals surface area contributed by atoms with Crippen molar-refractivity contribution in [2.24, 2.45) is 0 Å². The minimum atomic E-state index is -0.110. The minimum Gasteiger partial charge on any atom is -0.384 e. The lowest BCUT2D eigenvalue weighted by Crippen LogP contribution is -1.91. The van der Waals surface area contributed by atoms with Gasteiger partial charge in [0.25, 0.3) is 0 Å². The van der Waals surface area contributed by atoms with E-state index in [1.165, 1.54) is 0 Å². The number of rotatable bonds is 2. The normalized spacial score (nSPS) is 9.08. The molecular formula is C11H12O2. The zero-order chi connectivity index (χ0) is 9.52. The second-order valence-electron chi connectivity index (χ2n) is 2.55. The summed E-state index contributed by atoms with van der Waals surface area (Å²) in [6.07, 6.45) is 0. The Morgan fingerprint density at radius 2 is 2.15 bits per heavy atom. The lowest BCUT2D eigenvalue weighted by atomic mass is 10.1. The highest BCUT2D eigenvalue weighted by molar-refractivity contribution is 5.40. The van der Waals surface area contributed by atoms with Gasteiger partial charge in [-0.05, 0) is 11.6 Å². The van der Waals surface area contributed by atoms with Crippen LogP contribution in [0.15, 0.2) is 24.3 Å². The molecule has 0 saturated heterocycles. The van der Waals surface area contributed by atoms with Crippen LogP contribution in [-0.2, 0) is 11.3 Å². The Morgan fingerprint density at radius 3 is 2.85 bits per heavy atom. The molecule has 0 amide bonds. The molecule has 0 aliphatic rings. The van der Waals surface area contributed by atoms with Gasteiger partial charge in [0.2, 0.25) is 0 Å². The first-order chi connectivity index (χ1) is 6.38. The standard InChI is InChI=1S/C11H12O2/c1-13-9-11-6-3-2-5-10(11)7-4-8-12/h2-3,5-6,12H,8-9H2,1H3. The van der Waals surface area contributed by atoms with Crippen LogP contribution in [0.1, 0.15) is 11.1 Å². The van der Waals surface area contributed by atoms with E-state index in [9.17, 15) is 0 Å².